The second kappa shape index (κ2) is 25.8. The lowest BCUT2D eigenvalue weighted by Crippen LogP contribution is -2.36. The van der Waals surface area contributed by atoms with E-state index in [-0.39, 0.29) is 6.42 Å². The van der Waals surface area contributed by atoms with Crippen LogP contribution in [0.25, 0.3) is 0 Å². The number of hydrogen-bond acceptors (Lipinski definition) is 6. The molecule has 0 N–H and O–H groups in total. The van der Waals surface area contributed by atoms with E-state index >= 15 is 0 Å². The van der Waals surface area contributed by atoms with Gasteiger partial charge in [0.05, 0.1) is 19.6 Å². The molecule has 0 saturated carbocycles. The number of thiol groups is 1. The number of thiocarbonyl (C=S) groups is 1. The maximum atomic E-state index is 12.8. The van der Waals surface area contributed by atoms with Gasteiger partial charge in [0.2, 0.25) is 0 Å². The molecule has 7 heteroatoms. The minimum absolute atomic E-state index is 0.0878. The minimum atomic E-state index is -0.824. The Bertz CT molecular complexity index is 559. The van der Waals surface area contributed by atoms with E-state index < -0.39 is 17.9 Å². The maximum Gasteiger partial charge on any atom is 0.316 e. The van der Waals surface area contributed by atoms with Crippen molar-refractivity contribution < 1.29 is 19.1 Å². The molecule has 1 atom stereocenters. The number of nitrogens with zero attached hydrogens (tertiary/aromatic N) is 1. The van der Waals surface area contributed by atoms with Gasteiger partial charge in [-0.05, 0) is 19.3 Å². The van der Waals surface area contributed by atoms with E-state index in [1.165, 1.54) is 51.4 Å². The molecule has 36 heavy (non-hydrogen) atoms. The third-order valence-electron chi connectivity index (χ3n) is 6.43. The van der Waals surface area contributed by atoms with E-state index in [4.69, 9.17) is 21.7 Å². The smallest absolute Gasteiger partial charge is 0.316 e. The van der Waals surface area contributed by atoms with E-state index in [0.717, 1.165) is 64.2 Å². The Kier molecular flexibility index (Phi) is 25.2. The van der Waals surface area contributed by atoms with E-state index in [0.29, 0.717) is 24.7 Å². The molecule has 0 amide bonds. The summed E-state index contributed by atoms with van der Waals surface area (Å²) in [4.78, 5) is 25.6. The summed E-state index contributed by atoms with van der Waals surface area (Å²) in [5.41, 5.74) is 0. The van der Waals surface area contributed by atoms with Crippen molar-refractivity contribution in [3.63, 3.8) is 0 Å². The topological polar surface area (TPSA) is 55.8 Å². The largest absolute Gasteiger partial charge is 0.466 e. The molecule has 212 valence electrons. The zero-order valence-corrected chi connectivity index (χ0v) is 25.3. The first-order chi connectivity index (χ1) is 17.5. The molecule has 0 fully saturated rings. The van der Waals surface area contributed by atoms with Gasteiger partial charge in [-0.3, -0.25) is 9.59 Å². The summed E-state index contributed by atoms with van der Waals surface area (Å²) in [5, 5.41) is 0. The van der Waals surface area contributed by atoms with Crippen LogP contribution in [0.1, 0.15) is 143 Å². The summed E-state index contributed by atoms with van der Waals surface area (Å²) in [6, 6.07) is 0. The molecule has 0 spiro atoms. The molecule has 1 unspecified atom stereocenters. The van der Waals surface area contributed by atoms with Crippen molar-refractivity contribution in [3.8, 4) is 0 Å². The van der Waals surface area contributed by atoms with Gasteiger partial charge in [0.15, 0.2) is 0 Å². The monoisotopic (exact) mass is 545 g/mol. The predicted octanol–water partition coefficient (Wildman–Crippen LogP) is 8.63. The molecular weight excluding hydrogens is 490 g/mol. The summed E-state index contributed by atoms with van der Waals surface area (Å²) in [6.07, 6.45) is 20.7. The quantitative estimate of drug-likeness (QED) is 0.0536. The predicted molar refractivity (Wildman–Crippen MR) is 158 cm³/mol. The minimum Gasteiger partial charge on any atom is -0.466 e. The highest BCUT2D eigenvalue weighted by atomic mass is 32.1. The first-order valence-corrected chi connectivity index (χ1v) is 15.6. The molecule has 5 nitrogen and oxygen atoms in total. The van der Waals surface area contributed by atoms with Crippen LogP contribution < -0.4 is 0 Å². The normalized spacial score (nSPS) is 11.8. The van der Waals surface area contributed by atoms with E-state index in [9.17, 15) is 9.59 Å². The lowest BCUT2D eigenvalue weighted by atomic mass is 10.0. The van der Waals surface area contributed by atoms with Gasteiger partial charge in [-0.25, -0.2) is 0 Å². The van der Waals surface area contributed by atoms with Crippen LogP contribution in [0, 0.1) is 5.92 Å². The Morgan fingerprint density at radius 3 is 1.58 bits per heavy atom. The van der Waals surface area contributed by atoms with Crippen LogP contribution in [-0.2, 0) is 19.1 Å². The van der Waals surface area contributed by atoms with Crippen LogP contribution in [0.4, 0.5) is 0 Å². The van der Waals surface area contributed by atoms with Crippen molar-refractivity contribution in [2.24, 2.45) is 5.92 Å². The van der Waals surface area contributed by atoms with Crippen LogP contribution in [0.2, 0.25) is 0 Å². The number of rotatable bonds is 25. The Morgan fingerprint density at radius 2 is 1.08 bits per heavy atom. The summed E-state index contributed by atoms with van der Waals surface area (Å²) in [7, 11) is 0. The molecule has 0 saturated heterocycles. The molecule has 0 rings (SSSR count). The second-order valence-electron chi connectivity index (χ2n) is 9.91. The summed E-state index contributed by atoms with van der Waals surface area (Å²) in [6.45, 7) is 7.93. The molecule has 0 aliphatic carbocycles. The zero-order chi connectivity index (χ0) is 26.9. The lowest BCUT2D eigenvalue weighted by molar-refractivity contribution is -0.153. The van der Waals surface area contributed by atoms with Crippen molar-refractivity contribution in [1.29, 1.82) is 0 Å². The average Bonchev–Trinajstić information content (AvgIpc) is 2.87. The SMILES string of the molecule is CCCCCCCCCCCCN(S)C(=S)C(CC(=O)OCCCCCC)C(=O)OCCCCCC. The fourth-order valence-electron chi connectivity index (χ4n) is 4.05. The molecule has 0 aliphatic heterocycles. The van der Waals surface area contributed by atoms with Gasteiger partial charge in [-0.15, -0.1) is 0 Å². The van der Waals surface area contributed by atoms with Crippen molar-refractivity contribution in [3.05, 3.63) is 0 Å². The van der Waals surface area contributed by atoms with Crippen LogP contribution in [-0.4, -0.2) is 41.0 Å². The van der Waals surface area contributed by atoms with E-state index in [2.05, 4.69) is 33.6 Å². The standard InChI is InChI=1S/C29H55NO4S2/c1-4-7-10-13-14-15-16-17-18-19-22-30(36)28(35)26(29(32)34-24-21-12-9-6-3)25-27(31)33-23-20-11-8-5-2/h26,36H,4-25H2,1-3H3. The Morgan fingerprint density at radius 1 is 0.667 bits per heavy atom. The summed E-state index contributed by atoms with van der Waals surface area (Å²) < 4.78 is 12.5. The van der Waals surface area contributed by atoms with Gasteiger partial charge in [0.1, 0.15) is 10.9 Å². The third-order valence-corrected chi connectivity index (χ3v) is 7.49. The second-order valence-corrected chi connectivity index (χ2v) is 10.8. The maximum absolute atomic E-state index is 12.8. The van der Waals surface area contributed by atoms with Crippen molar-refractivity contribution in [2.75, 3.05) is 19.8 Å². The Labute approximate surface area is 233 Å². The number of hydrogen-bond donors (Lipinski definition) is 1. The molecule has 0 aromatic rings. The third kappa shape index (κ3) is 20.3. The van der Waals surface area contributed by atoms with Crippen molar-refractivity contribution >= 4 is 42.0 Å². The molecule has 0 aromatic carbocycles. The molecule has 0 radical (unpaired) electrons. The Balaban J connectivity index is 4.52. The highest BCUT2D eigenvalue weighted by Gasteiger charge is 2.31. The first kappa shape index (κ1) is 35.2. The number of ether oxygens (including phenoxy) is 2. The zero-order valence-electron chi connectivity index (χ0n) is 23.6. The van der Waals surface area contributed by atoms with Crippen LogP contribution in [0.3, 0.4) is 0 Å². The number of carbonyl (C=O) groups is 2. The van der Waals surface area contributed by atoms with Crippen molar-refractivity contribution in [2.45, 2.75) is 143 Å². The summed E-state index contributed by atoms with van der Waals surface area (Å²) in [5.74, 6) is -1.67. The number of unbranched alkanes of at least 4 members (excludes halogenated alkanes) is 15. The average molecular weight is 546 g/mol. The van der Waals surface area contributed by atoms with Gasteiger partial charge < -0.3 is 13.8 Å². The van der Waals surface area contributed by atoms with Gasteiger partial charge in [0.25, 0.3) is 0 Å². The Hall–Kier alpha value is -0.820. The number of esters is 2. The van der Waals surface area contributed by atoms with Crippen LogP contribution >= 0.6 is 25.0 Å². The van der Waals surface area contributed by atoms with Crippen LogP contribution in [0.5, 0.6) is 0 Å². The molecular formula is C29H55NO4S2. The van der Waals surface area contributed by atoms with Crippen LogP contribution in [0.15, 0.2) is 0 Å². The number of carbonyl (C=O) groups excluding carboxylic acids is 2. The fraction of sp³-hybridized carbons (Fsp3) is 0.897. The molecule has 0 bridgehead atoms. The first-order valence-electron chi connectivity index (χ1n) is 14.8. The van der Waals surface area contributed by atoms with E-state index in [1.54, 1.807) is 4.31 Å². The molecule has 0 heterocycles. The molecule has 0 aliphatic rings. The highest BCUT2D eigenvalue weighted by molar-refractivity contribution is 7.84. The molecule has 0 aromatic heterocycles. The van der Waals surface area contributed by atoms with Gasteiger partial charge in [-0.2, -0.15) is 0 Å². The van der Waals surface area contributed by atoms with Crippen molar-refractivity contribution in [1.82, 2.24) is 4.31 Å². The summed E-state index contributed by atoms with van der Waals surface area (Å²) >= 11 is 10.1. The van der Waals surface area contributed by atoms with Gasteiger partial charge >= 0.3 is 11.9 Å². The lowest BCUT2D eigenvalue weighted by Gasteiger charge is -2.24. The highest BCUT2D eigenvalue weighted by Crippen LogP contribution is 2.18. The van der Waals surface area contributed by atoms with Gasteiger partial charge in [0, 0.05) is 6.54 Å². The van der Waals surface area contributed by atoms with Gasteiger partial charge in [-0.1, -0.05) is 142 Å². The fourth-order valence-corrected chi connectivity index (χ4v) is 4.60. The van der Waals surface area contributed by atoms with E-state index in [1.807, 2.05) is 0 Å².